The summed E-state index contributed by atoms with van der Waals surface area (Å²) in [7, 11) is 1.85. The van der Waals surface area contributed by atoms with Crippen LogP contribution in [0.1, 0.15) is 6.92 Å². The van der Waals surface area contributed by atoms with E-state index < -0.39 is 0 Å². The summed E-state index contributed by atoms with van der Waals surface area (Å²) < 4.78 is 3.32. The van der Waals surface area contributed by atoms with Gasteiger partial charge in [-0.2, -0.15) is 10.2 Å². The highest BCUT2D eigenvalue weighted by Gasteiger charge is 2.11. The van der Waals surface area contributed by atoms with E-state index in [1.807, 2.05) is 37.5 Å². The number of nitrogens with two attached hydrogens (primary N) is 1. The van der Waals surface area contributed by atoms with Crippen molar-refractivity contribution in [2.24, 2.45) is 7.05 Å². The molecule has 0 fully saturated rings. The molecule has 0 saturated carbocycles. The number of imidazole rings is 1. The van der Waals surface area contributed by atoms with Crippen molar-refractivity contribution >= 4 is 23.2 Å². The van der Waals surface area contributed by atoms with Gasteiger partial charge in [0.05, 0.1) is 17.6 Å². The van der Waals surface area contributed by atoms with E-state index in [2.05, 4.69) is 25.5 Å². The van der Waals surface area contributed by atoms with Gasteiger partial charge >= 0.3 is 0 Å². The topological polar surface area (TPSA) is 116 Å². The molecule has 26 heavy (non-hydrogen) atoms. The Labute approximate surface area is 148 Å². The summed E-state index contributed by atoms with van der Waals surface area (Å²) in [6.45, 7) is 1.43. The third kappa shape index (κ3) is 2.86. The van der Waals surface area contributed by atoms with Gasteiger partial charge in [-0.1, -0.05) is 0 Å². The van der Waals surface area contributed by atoms with Crippen molar-refractivity contribution in [3.63, 3.8) is 0 Å². The highest BCUT2D eigenvalue weighted by molar-refractivity contribution is 5.87. The van der Waals surface area contributed by atoms with Crippen molar-refractivity contribution in [2.75, 3.05) is 11.1 Å². The maximum atomic E-state index is 11.2. The minimum atomic E-state index is -0.184. The molecule has 9 nitrogen and oxygen atoms in total. The monoisotopic (exact) mass is 348 g/mol. The molecule has 0 radical (unpaired) electrons. The van der Waals surface area contributed by atoms with Crippen molar-refractivity contribution in [3.05, 3.63) is 42.9 Å². The summed E-state index contributed by atoms with van der Waals surface area (Å²) in [6, 6.07) is 7.45. The molecular formula is C17H16N8O. The van der Waals surface area contributed by atoms with Gasteiger partial charge in [-0.15, -0.1) is 0 Å². The third-order valence-corrected chi connectivity index (χ3v) is 3.83. The molecule has 1 amide bonds. The van der Waals surface area contributed by atoms with E-state index in [4.69, 9.17) is 5.73 Å². The van der Waals surface area contributed by atoms with Gasteiger partial charge in [0.1, 0.15) is 5.82 Å². The molecule has 4 aromatic rings. The van der Waals surface area contributed by atoms with E-state index in [0.29, 0.717) is 23.0 Å². The summed E-state index contributed by atoms with van der Waals surface area (Å²) >= 11 is 0. The second kappa shape index (κ2) is 5.96. The Morgan fingerprint density at radius 1 is 1.19 bits per heavy atom. The van der Waals surface area contributed by atoms with E-state index in [1.54, 1.807) is 21.6 Å². The summed E-state index contributed by atoms with van der Waals surface area (Å²) in [4.78, 5) is 19.7. The largest absolute Gasteiger partial charge is 0.383 e. The molecular weight excluding hydrogens is 332 g/mol. The number of amides is 1. The lowest BCUT2D eigenvalue weighted by molar-refractivity contribution is -0.114. The molecule has 0 aromatic carbocycles. The maximum Gasteiger partial charge on any atom is 0.222 e. The predicted octanol–water partition coefficient (Wildman–Crippen LogP) is 1.73. The first-order chi connectivity index (χ1) is 12.5. The molecule has 9 heteroatoms. The molecule has 4 heterocycles. The maximum absolute atomic E-state index is 11.2. The van der Waals surface area contributed by atoms with Crippen LogP contribution in [0.5, 0.6) is 0 Å². The lowest BCUT2D eigenvalue weighted by atomic mass is 10.1. The molecule has 0 aliphatic heterocycles. The smallest absolute Gasteiger partial charge is 0.222 e. The zero-order valence-corrected chi connectivity index (χ0v) is 14.2. The SMILES string of the molecule is CC(=O)Nc1cn2nc(-c3cnc(N)c(-c4ccn(C)n4)c3)ccc2n1. The standard InChI is InChI=1S/C17H16N8O/c1-10(26)20-15-9-25-16(21-15)4-3-13(23-25)11-7-12(17(18)19-8-11)14-5-6-24(2)22-14/h3-9H,1-2H3,(H2,18,19)(H,20,26). The van der Waals surface area contributed by atoms with E-state index in [9.17, 15) is 4.79 Å². The minimum Gasteiger partial charge on any atom is -0.383 e. The van der Waals surface area contributed by atoms with Gasteiger partial charge in [0.2, 0.25) is 5.91 Å². The van der Waals surface area contributed by atoms with Crippen LogP contribution in [-0.4, -0.2) is 35.3 Å². The number of rotatable bonds is 3. The molecule has 4 aromatic heterocycles. The average Bonchev–Trinajstić information content (AvgIpc) is 3.19. The molecule has 0 unspecified atom stereocenters. The number of hydrogen-bond donors (Lipinski definition) is 2. The quantitative estimate of drug-likeness (QED) is 0.582. The first kappa shape index (κ1) is 15.8. The van der Waals surface area contributed by atoms with Gasteiger partial charge in [0.25, 0.3) is 0 Å². The van der Waals surface area contributed by atoms with Crippen molar-refractivity contribution in [1.82, 2.24) is 29.4 Å². The lowest BCUT2D eigenvalue weighted by Crippen LogP contribution is -2.05. The number of nitrogen functional groups attached to an aromatic ring is 1. The van der Waals surface area contributed by atoms with Gasteiger partial charge in [-0.3, -0.25) is 9.48 Å². The van der Waals surface area contributed by atoms with Crippen LogP contribution in [0.2, 0.25) is 0 Å². The Bertz CT molecular complexity index is 1130. The van der Waals surface area contributed by atoms with Crippen LogP contribution in [0.25, 0.3) is 28.2 Å². The van der Waals surface area contributed by atoms with E-state index >= 15 is 0 Å². The van der Waals surface area contributed by atoms with Crippen molar-refractivity contribution in [1.29, 1.82) is 0 Å². The summed E-state index contributed by atoms with van der Waals surface area (Å²) in [5.41, 5.74) is 9.64. The van der Waals surface area contributed by atoms with Crippen molar-refractivity contribution in [3.8, 4) is 22.5 Å². The molecule has 0 spiro atoms. The Balaban J connectivity index is 1.76. The highest BCUT2D eigenvalue weighted by atomic mass is 16.1. The molecule has 0 aliphatic carbocycles. The fourth-order valence-electron chi connectivity index (χ4n) is 2.66. The van der Waals surface area contributed by atoms with Gasteiger partial charge in [0.15, 0.2) is 11.5 Å². The van der Waals surface area contributed by atoms with Crippen LogP contribution < -0.4 is 11.1 Å². The zero-order valence-electron chi connectivity index (χ0n) is 14.2. The number of carbonyl (C=O) groups is 1. The Hall–Kier alpha value is -3.75. The van der Waals surface area contributed by atoms with E-state index in [1.165, 1.54) is 6.92 Å². The normalized spacial score (nSPS) is 11.0. The van der Waals surface area contributed by atoms with Crippen LogP contribution in [0.4, 0.5) is 11.6 Å². The van der Waals surface area contributed by atoms with Crippen LogP contribution in [0, 0.1) is 0 Å². The third-order valence-electron chi connectivity index (χ3n) is 3.83. The second-order valence-electron chi connectivity index (χ2n) is 5.86. The Morgan fingerprint density at radius 2 is 2.04 bits per heavy atom. The number of fused-ring (bicyclic) bond motifs is 1. The van der Waals surface area contributed by atoms with E-state index in [0.717, 1.165) is 16.8 Å². The van der Waals surface area contributed by atoms with Crippen molar-refractivity contribution in [2.45, 2.75) is 6.92 Å². The molecule has 0 atom stereocenters. The molecule has 4 rings (SSSR count). The number of nitrogens with zero attached hydrogens (tertiary/aromatic N) is 6. The number of nitrogens with one attached hydrogen (secondary N) is 1. The molecule has 0 aliphatic rings. The number of hydrogen-bond acceptors (Lipinski definition) is 6. The number of pyridine rings is 1. The molecule has 130 valence electrons. The summed E-state index contributed by atoms with van der Waals surface area (Å²) in [6.07, 6.45) is 5.17. The minimum absolute atomic E-state index is 0.184. The van der Waals surface area contributed by atoms with Crippen LogP contribution >= 0.6 is 0 Å². The van der Waals surface area contributed by atoms with Gasteiger partial charge in [0, 0.05) is 37.5 Å². The summed E-state index contributed by atoms with van der Waals surface area (Å²) in [5.74, 6) is 0.673. The molecule has 0 saturated heterocycles. The fraction of sp³-hybridized carbons (Fsp3) is 0.118. The van der Waals surface area contributed by atoms with Crippen LogP contribution in [0.3, 0.4) is 0 Å². The van der Waals surface area contributed by atoms with Gasteiger partial charge < -0.3 is 11.1 Å². The predicted molar refractivity (Wildman–Crippen MR) is 97.1 cm³/mol. The lowest BCUT2D eigenvalue weighted by Gasteiger charge is -2.06. The molecule has 0 bridgehead atoms. The highest BCUT2D eigenvalue weighted by Crippen LogP contribution is 2.27. The Kier molecular flexibility index (Phi) is 3.61. The number of carbonyl (C=O) groups excluding carboxylic acids is 1. The molecule has 3 N–H and O–H groups in total. The second-order valence-corrected chi connectivity index (χ2v) is 5.86. The average molecular weight is 348 g/mol. The van der Waals surface area contributed by atoms with Crippen LogP contribution in [-0.2, 0) is 11.8 Å². The number of aryl methyl sites for hydroxylation is 1. The summed E-state index contributed by atoms with van der Waals surface area (Å²) in [5, 5.41) is 11.6. The van der Waals surface area contributed by atoms with Crippen molar-refractivity contribution < 1.29 is 4.79 Å². The van der Waals surface area contributed by atoms with E-state index in [-0.39, 0.29) is 5.91 Å². The van der Waals surface area contributed by atoms with Gasteiger partial charge in [-0.05, 0) is 24.3 Å². The number of aromatic nitrogens is 6. The fourth-order valence-corrected chi connectivity index (χ4v) is 2.66. The first-order valence-electron chi connectivity index (χ1n) is 7.89. The number of anilines is 2. The van der Waals surface area contributed by atoms with Crippen LogP contribution in [0.15, 0.2) is 42.9 Å². The van der Waals surface area contributed by atoms with Gasteiger partial charge in [-0.25, -0.2) is 14.5 Å². The zero-order chi connectivity index (χ0) is 18.3. The Morgan fingerprint density at radius 3 is 2.77 bits per heavy atom. The first-order valence-corrected chi connectivity index (χ1v) is 7.89.